The summed E-state index contributed by atoms with van der Waals surface area (Å²) in [6, 6.07) is 5.06. The molecule has 0 amide bonds. The van der Waals surface area contributed by atoms with Crippen LogP contribution in [0, 0.1) is 6.92 Å². The molecule has 0 spiro atoms. The number of nitrogens with zero attached hydrogens (tertiary/aromatic N) is 2. The Hall–Kier alpha value is -2.17. The Morgan fingerprint density at radius 1 is 1.47 bits per heavy atom. The maximum atomic E-state index is 11.5. The van der Waals surface area contributed by atoms with E-state index in [1.54, 1.807) is 31.3 Å². The monoisotopic (exact) mass is 203 g/mol. The molecule has 0 atom stereocenters. The van der Waals surface area contributed by atoms with Gasteiger partial charge in [0.05, 0.1) is 11.9 Å². The van der Waals surface area contributed by atoms with Crippen molar-refractivity contribution >= 4 is 5.97 Å². The third kappa shape index (κ3) is 2.01. The van der Waals surface area contributed by atoms with Gasteiger partial charge in [0.1, 0.15) is 5.69 Å². The number of H-pyrrole nitrogens is 1. The van der Waals surface area contributed by atoms with Crippen LogP contribution >= 0.6 is 0 Å². The lowest BCUT2D eigenvalue weighted by atomic mass is 10.3. The molecule has 0 aliphatic carbocycles. The molecule has 0 aliphatic heterocycles. The molecule has 0 unspecified atom stereocenters. The zero-order valence-electron chi connectivity index (χ0n) is 8.10. The van der Waals surface area contributed by atoms with Gasteiger partial charge in [0, 0.05) is 6.20 Å². The second-order valence-corrected chi connectivity index (χ2v) is 2.96. The summed E-state index contributed by atoms with van der Waals surface area (Å²) in [7, 11) is 0. The molecule has 2 rings (SSSR count). The first-order chi connectivity index (χ1) is 7.27. The van der Waals surface area contributed by atoms with Gasteiger partial charge in [-0.1, -0.05) is 6.07 Å². The number of rotatable bonds is 2. The van der Waals surface area contributed by atoms with Crippen LogP contribution in [0.4, 0.5) is 0 Å². The van der Waals surface area contributed by atoms with Crippen molar-refractivity contribution in [3.05, 3.63) is 42.0 Å². The van der Waals surface area contributed by atoms with E-state index in [0.717, 1.165) is 0 Å². The zero-order chi connectivity index (χ0) is 10.7. The Morgan fingerprint density at radius 2 is 2.33 bits per heavy atom. The van der Waals surface area contributed by atoms with Gasteiger partial charge in [-0.2, -0.15) is 5.10 Å². The maximum absolute atomic E-state index is 11.5. The normalized spacial score (nSPS) is 9.93. The van der Waals surface area contributed by atoms with Gasteiger partial charge >= 0.3 is 5.97 Å². The summed E-state index contributed by atoms with van der Waals surface area (Å²) >= 11 is 0. The maximum Gasteiger partial charge on any atom is 0.362 e. The van der Waals surface area contributed by atoms with Crippen molar-refractivity contribution < 1.29 is 9.53 Å². The summed E-state index contributed by atoms with van der Waals surface area (Å²) < 4.78 is 5.08. The molecule has 0 aromatic carbocycles. The van der Waals surface area contributed by atoms with Crippen molar-refractivity contribution in [2.24, 2.45) is 0 Å². The molecular formula is C10H9N3O2. The third-order valence-corrected chi connectivity index (χ3v) is 1.86. The Kier molecular flexibility index (Phi) is 2.45. The number of carbonyl (C=O) groups is 1. The minimum absolute atomic E-state index is 0.276. The van der Waals surface area contributed by atoms with Crippen LogP contribution in [0.25, 0.3) is 0 Å². The van der Waals surface area contributed by atoms with Crippen molar-refractivity contribution in [1.82, 2.24) is 15.2 Å². The molecule has 76 valence electrons. The highest BCUT2D eigenvalue weighted by Crippen LogP contribution is 2.14. The summed E-state index contributed by atoms with van der Waals surface area (Å²) in [4.78, 5) is 15.4. The van der Waals surface area contributed by atoms with E-state index in [4.69, 9.17) is 4.74 Å². The number of hydrogen-bond acceptors (Lipinski definition) is 4. The molecule has 2 heterocycles. The highest BCUT2D eigenvalue weighted by atomic mass is 16.5. The lowest BCUT2D eigenvalue weighted by Crippen LogP contribution is -2.10. The van der Waals surface area contributed by atoms with E-state index < -0.39 is 5.97 Å². The summed E-state index contributed by atoms with van der Waals surface area (Å²) in [5.74, 6) is -0.0641. The fourth-order valence-electron chi connectivity index (χ4n) is 1.08. The van der Waals surface area contributed by atoms with E-state index in [1.807, 2.05) is 0 Å². The average molecular weight is 203 g/mol. The van der Waals surface area contributed by atoms with Crippen LogP contribution in [0.15, 0.2) is 30.6 Å². The van der Waals surface area contributed by atoms with Crippen molar-refractivity contribution in [3.63, 3.8) is 0 Å². The first kappa shape index (κ1) is 9.39. The molecule has 0 bridgehead atoms. The van der Waals surface area contributed by atoms with Gasteiger partial charge < -0.3 is 4.74 Å². The topological polar surface area (TPSA) is 67.9 Å². The number of aromatic nitrogens is 3. The predicted octanol–water partition coefficient (Wildman–Crippen LogP) is 1.33. The fraction of sp³-hybridized carbons (Fsp3) is 0.100. The second kappa shape index (κ2) is 3.91. The first-order valence-electron chi connectivity index (χ1n) is 4.40. The standard InChI is InChI=1S/C10H9N3O2/c1-7-9(6-12-13-7)15-10(14)8-4-2-3-5-11-8/h2-6H,1H3,(H,12,13). The van der Waals surface area contributed by atoms with Crippen LogP contribution in [-0.2, 0) is 0 Å². The lowest BCUT2D eigenvalue weighted by molar-refractivity contribution is 0.0727. The van der Waals surface area contributed by atoms with Crippen molar-refractivity contribution in [1.29, 1.82) is 0 Å². The highest BCUT2D eigenvalue weighted by molar-refractivity contribution is 5.88. The third-order valence-electron chi connectivity index (χ3n) is 1.86. The molecule has 2 aromatic heterocycles. The molecule has 5 nitrogen and oxygen atoms in total. The Bertz CT molecular complexity index is 465. The van der Waals surface area contributed by atoms with Crippen molar-refractivity contribution in [2.45, 2.75) is 6.92 Å². The van der Waals surface area contributed by atoms with Crippen LogP contribution in [0.5, 0.6) is 5.75 Å². The van der Waals surface area contributed by atoms with E-state index in [9.17, 15) is 4.79 Å². The van der Waals surface area contributed by atoms with Crippen LogP contribution in [0.2, 0.25) is 0 Å². The fourth-order valence-corrected chi connectivity index (χ4v) is 1.08. The van der Waals surface area contributed by atoms with E-state index >= 15 is 0 Å². The number of hydrogen-bond donors (Lipinski definition) is 1. The quantitative estimate of drug-likeness (QED) is 0.747. The molecule has 0 fully saturated rings. The van der Waals surface area contributed by atoms with Gasteiger partial charge in [-0.15, -0.1) is 0 Å². The van der Waals surface area contributed by atoms with Crippen LogP contribution in [0.3, 0.4) is 0 Å². The Labute approximate surface area is 86.1 Å². The van der Waals surface area contributed by atoms with Gasteiger partial charge in [-0.25, -0.2) is 9.78 Å². The van der Waals surface area contributed by atoms with Gasteiger partial charge in [0.15, 0.2) is 5.75 Å². The van der Waals surface area contributed by atoms with Gasteiger partial charge in [-0.05, 0) is 19.1 Å². The van der Waals surface area contributed by atoms with Crippen molar-refractivity contribution in [2.75, 3.05) is 0 Å². The van der Waals surface area contributed by atoms with Crippen molar-refractivity contribution in [3.8, 4) is 5.75 Å². The number of aryl methyl sites for hydroxylation is 1. The minimum atomic E-state index is -0.486. The number of pyridine rings is 1. The van der Waals surface area contributed by atoms with Crippen LogP contribution < -0.4 is 4.74 Å². The average Bonchev–Trinajstić information content (AvgIpc) is 2.66. The minimum Gasteiger partial charge on any atom is -0.418 e. The molecule has 0 saturated heterocycles. The molecule has 0 saturated carbocycles. The Balaban J connectivity index is 2.15. The second-order valence-electron chi connectivity index (χ2n) is 2.96. The number of aromatic amines is 1. The predicted molar refractivity (Wildman–Crippen MR) is 52.5 cm³/mol. The largest absolute Gasteiger partial charge is 0.418 e. The molecular weight excluding hydrogens is 194 g/mol. The summed E-state index contributed by atoms with van der Waals surface area (Å²) in [6.07, 6.45) is 3.00. The van der Waals surface area contributed by atoms with E-state index in [2.05, 4.69) is 15.2 Å². The summed E-state index contributed by atoms with van der Waals surface area (Å²) in [6.45, 7) is 1.77. The zero-order valence-corrected chi connectivity index (χ0v) is 8.10. The molecule has 2 aromatic rings. The molecule has 5 heteroatoms. The summed E-state index contributed by atoms with van der Waals surface area (Å²) in [5.41, 5.74) is 0.984. The molecule has 0 aliphatic rings. The molecule has 15 heavy (non-hydrogen) atoms. The van der Waals surface area contributed by atoms with E-state index in [0.29, 0.717) is 11.4 Å². The van der Waals surface area contributed by atoms with E-state index in [-0.39, 0.29) is 5.69 Å². The lowest BCUT2D eigenvalue weighted by Gasteiger charge is -2.00. The number of nitrogens with one attached hydrogen (secondary N) is 1. The van der Waals surface area contributed by atoms with Crippen LogP contribution in [0.1, 0.15) is 16.2 Å². The highest BCUT2D eigenvalue weighted by Gasteiger charge is 2.11. The van der Waals surface area contributed by atoms with E-state index in [1.165, 1.54) is 6.20 Å². The molecule has 1 N–H and O–H groups in total. The van der Waals surface area contributed by atoms with Crippen LogP contribution in [-0.4, -0.2) is 21.2 Å². The van der Waals surface area contributed by atoms with Gasteiger partial charge in [-0.3, -0.25) is 5.10 Å². The van der Waals surface area contributed by atoms with Gasteiger partial charge in [0.25, 0.3) is 0 Å². The number of carbonyl (C=O) groups excluding carboxylic acids is 1. The Morgan fingerprint density at radius 3 is 2.93 bits per heavy atom. The first-order valence-corrected chi connectivity index (χ1v) is 4.40. The SMILES string of the molecule is Cc1[nH]ncc1OC(=O)c1ccccn1. The van der Waals surface area contributed by atoms with Gasteiger partial charge in [0.2, 0.25) is 0 Å². The summed E-state index contributed by atoms with van der Waals surface area (Å²) in [5, 5.41) is 6.42. The smallest absolute Gasteiger partial charge is 0.362 e. The number of esters is 1. The number of ether oxygens (including phenoxy) is 1. The molecule has 0 radical (unpaired) electrons.